The lowest BCUT2D eigenvalue weighted by atomic mass is 9.90. The zero-order valence-corrected chi connectivity index (χ0v) is 21.1. The SMILES string of the molecule is COc1cccc(-c2cc(F)ccc2C2Cc3nc(N)nc(C)c3/C(=N/OCC(=O)N(C)CC(N)=O)N2)n1. The van der Waals surface area contributed by atoms with E-state index in [1.54, 1.807) is 31.2 Å². The molecule has 0 saturated carbocycles. The number of aromatic nitrogens is 3. The summed E-state index contributed by atoms with van der Waals surface area (Å²) < 4.78 is 19.6. The zero-order chi connectivity index (χ0) is 27.4. The number of amidine groups is 1. The summed E-state index contributed by atoms with van der Waals surface area (Å²) in [5, 5.41) is 7.45. The number of likely N-dealkylation sites (N-methyl/N-ethyl adjacent to an activating group) is 1. The van der Waals surface area contributed by atoms with Crippen LogP contribution in [-0.2, 0) is 20.8 Å². The number of hydrogen-bond acceptors (Lipinski definition) is 9. The number of primary amides is 1. The summed E-state index contributed by atoms with van der Waals surface area (Å²) in [5.74, 6) is -0.813. The van der Waals surface area contributed by atoms with Crippen molar-refractivity contribution in [3.63, 3.8) is 0 Å². The Morgan fingerprint density at radius 1 is 1.24 bits per heavy atom. The van der Waals surface area contributed by atoms with Crippen LogP contribution in [0.25, 0.3) is 11.3 Å². The van der Waals surface area contributed by atoms with Crippen molar-refractivity contribution in [1.29, 1.82) is 0 Å². The van der Waals surface area contributed by atoms with Gasteiger partial charge in [0.2, 0.25) is 17.7 Å². The van der Waals surface area contributed by atoms with Crippen molar-refractivity contribution in [3.05, 3.63) is 64.7 Å². The third kappa shape index (κ3) is 5.77. The maximum atomic E-state index is 14.4. The Morgan fingerprint density at radius 3 is 2.76 bits per heavy atom. The molecule has 1 aromatic carbocycles. The van der Waals surface area contributed by atoms with Gasteiger partial charge in [0.1, 0.15) is 5.82 Å². The number of rotatable bonds is 8. The summed E-state index contributed by atoms with van der Waals surface area (Å²) in [7, 11) is 2.93. The smallest absolute Gasteiger partial charge is 0.263 e. The minimum atomic E-state index is -0.649. The number of pyridine rings is 1. The molecule has 1 atom stereocenters. The zero-order valence-electron chi connectivity index (χ0n) is 21.1. The fourth-order valence-electron chi connectivity index (χ4n) is 4.17. The summed E-state index contributed by atoms with van der Waals surface area (Å²) in [6.45, 7) is 1.07. The highest BCUT2D eigenvalue weighted by atomic mass is 19.1. The topological polar surface area (TPSA) is 171 Å². The van der Waals surface area contributed by atoms with Gasteiger partial charge in [-0.15, -0.1) is 0 Å². The number of nitrogens with zero attached hydrogens (tertiary/aromatic N) is 5. The molecule has 38 heavy (non-hydrogen) atoms. The highest BCUT2D eigenvalue weighted by Crippen LogP contribution is 2.34. The maximum Gasteiger partial charge on any atom is 0.263 e. The van der Waals surface area contributed by atoms with Gasteiger partial charge in [-0.05, 0) is 30.7 Å². The second-order valence-electron chi connectivity index (χ2n) is 8.62. The van der Waals surface area contributed by atoms with Crippen LogP contribution in [0.1, 0.15) is 28.6 Å². The van der Waals surface area contributed by atoms with Crippen LogP contribution < -0.4 is 21.5 Å². The van der Waals surface area contributed by atoms with E-state index in [2.05, 4.69) is 25.4 Å². The number of nitrogens with two attached hydrogens (primary N) is 2. The van der Waals surface area contributed by atoms with Crippen molar-refractivity contribution in [3.8, 4) is 17.1 Å². The van der Waals surface area contributed by atoms with Gasteiger partial charge in [-0.3, -0.25) is 9.59 Å². The number of carbonyl (C=O) groups excluding carboxylic acids is 2. The van der Waals surface area contributed by atoms with E-state index in [0.717, 1.165) is 10.5 Å². The average Bonchev–Trinajstić information content (AvgIpc) is 2.87. The number of halogens is 1. The normalized spacial score (nSPS) is 15.4. The van der Waals surface area contributed by atoms with E-state index in [1.165, 1.54) is 26.3 Å². The van der Waals surface area contributed by atoms with Crippen LogP contribution in [0.5, 0.6) is 5.88 Å². The number of ether oxygens (including phenoxy) is 1. The molecule has 0 aliphatic carbocycles. The number of anilines is 1. The highest BCUT2D eigenvalue weighted by molar-refractivity contribution is 6.02. The van der Waals surface area contributed by atoms with Crippen LogP contribution in [0.4, 0.5) is 10.3 Å². The Hall–Kier alpha value is -4.81. The quantitative estimate of drug-likeness (QED) is 0.366. The van der Waals surface area contributed by atoms with E-state index in [-0.39, 0.29) is 18.3 Å². The molecule has 13 heteroatoms. The molecule has 4 rings (SSSR count). The molecule has 0 radical (unpaired) electrons. The minimum absolute atomic E-state index is 0.0965. The average molecular weight is 523 g/mol. The molecule has 5 N–H and O–H groups in total. The van der Waals surface area contributed by atoms with Gasteiger partial charge < -0.3 is 31.3 Å². The summed E-state index contributed by atoms with van der Waals surface area (Å²) in [6.07, 6.45) is 0.380. The summed E-state index contributed by atoms with van der Waals surface area (Å²) >= 11 is 0. The molecule has 2 amide bonds. The molecule has 0 spiro atoms. The largest absolute Gasteiger partial charge is 0.481 e. The molecule has 0 fully saturated rings. The number of carbonyl (C=O) groups is 2. The second-order valence-corrected chi connectivity index (χ2v) is 8.62. The van der Waals surface area contributed by atoms with Gasteiger partial charge in [0, 0.05) is 25.1 Å². The maximum absolute atomic E-state index is 14.4. The first-order valence-corrected chi connectivity index (χ1v) is 11.6. The minimum Gasteiger partial charge on any atom is -0.481 e. The first-order valence-electron chi connectivity index (χ1n) is 11.6. The lowest BCUT2D eigenvalue weighted by Crippen LogP contribution is -2.39. The second kappa shape index (κ2) is 11.1. The number of oxime groups is 1. The lowest BCUT2D eigenvalue weighted by Gasteiger charge is -2.29. The first kappa shape index (κ1) is 26.3. The lowest BCUT2D eigenvalue weighted by molar-refractivity contribution is -0.137. The number of methoxy groups -OCH3 is 1. The van der Waals surface area contributed by atoms with Crippen molar-refractivity contribution in [2.45, 2.75) is 19.4 Å². The van der Waals surface area contributed by atoms with E-state index < -0.39 is 30.3 Å². The highest BCUT2D eigenvalue weighted by Gasteiger charge is 2.30. The number of benzene rings is 1. The Bertz CT molecular complexity index is 1410. The standard InChI is InChI=1S/C25H27FN8O4/c1-13-23-19(32-25(28)29-13)10-18(31-24(23)33-38-12-22(36)34(2)11-20(27)35)15-8-7-14(26)9-16(15)17-5-4-6-21(30-17)37-3/h4-9,18H,10-12H2,1-3H3,(H2,27,35)(H,31,33)(H2,28,29,32). The molecule has 1 aliphatic rings. The van der Waals surface area contributed by atoms with Gasteiger partial charge in [0.25, 0.3) is 5.91 Å². The van der Waals surface area contributed by atoms with Crippen molar-refractivity contribution < 1.29 is 23.6 Å². The van der Waals surface area contributed by atoms with Crippen molar-refractivity contribution in [2.24, 2.45) is 10.9 Å². The Balaban J connectivity index is 1.70. The number of nitrogen functional groups attached to an aromatic ring is 1. The van der Waals surface area contributed by atoms with E-state index in [0.29, 0.717) is 40.5 Å². The molecule has 2 aromatic heterocycles. The number of aryl methyl sites for hydroxylation is 1. The molecule has 12 nitrogen and oxygen atoms in total. The molecule has 198 valence electrons. The van der Waals surface area contributed by atoms with E-state index in [9.17, 15) is 14.0 Å². The van der Waals surface area contributed by atoms with Gasteiger partial charge >= 0.3 is 0 Å². The molecular formula is C25H27FN8O4. The van der Waals surface area contributed by atoms with Crippen LogP contribution >= 0.6 is 0 Å². The predicted molar refractivity (Wildman–Crippen MR) is 136 cm³/mol. The van der Waals surface area contributed by atoms with E-state index in [1.807, 2.05) is 0 Å². The van der Waals surface area contributed by atoms with Crippen LogP contribution in [0.3, 0.4) is 0 Å². The first-order chi connectivity index (χ1) is 18.2. The molecule has 0 bridgehead atoms. The monoisotopic (exact) mass is 522 g/mol. The fraction of sp³-hybridized carbons (Fsp3) is 0.280. The molecule has 1 unspecified atom stereocenters. The number of amides is 2. The molecule has 0 saturated heterocycles. The number of hydrogen-bond donors (Lipinski definition) is 3. The van der Waals surface area contributed by atoms with E-state index in [4.69, 9.17) is 21.0 Å². The molecule has 3 heterocycles. The van der Waals surface area contributed by atoms with E-state index >= 15 is 0 Å². The van der Waals surface area contributed by atoms with Gasteiger partial charge in [-0.1, -0.05) is 17.3 Å². The Labute approximate surface area is 217 Å². The fourth-order valence-corrected chi connectivity index (χ4v) is 4.17. The molecule has 1 aliphatic heterocycles. The van der Waals surface area contributed by atoms with Crippen LogP contribution in [0.15, 0.2) is 41.6 Å². The van der Waals surface area contributed by atoms with Gasteiger partial charge in [-0.2, -0.15) is 0 Å². The van der Waals surface area contributed by atoms with Crippen LogP contribution in [0.2, 0.25) is 0 Å². The third-order valence-electron chi connectivity index (χ3n) is 5.89. The number of nitrogens with one attached hydrogen (secondary N) is 1. The predicted octanol–water partition coefficient (Wildman–Crippen LogP) is 1.09. The number of fused-ring (bicyclic) bond motifs is 1. The van der Waals surface area contributed by atoms with Crippen LogP contribution in [-0.4, -0.2) is 64.8 Å². The molecule has 3 aromatic rings. The van der Waals surface area contributed by atoms with Crippen molar-refractivity contribution in [1.82, 2.24) is 25.2 Å². The summed E-state index contributed by atoms with van der Waals surface area (Å²) in [6, 6.07) is 9.20. The summed E-state index contributed by atoms with van der Waals surface area (Å²) in [4.78, 5) is 42.9. The van der Waals surface area contributed by atoms with Gasteiger partial charge in [0.05, 0.1) is 42.3 Å². The summed E-state index contributed by atoms with van der Waals surface area (Å²) in [5.41, 5.74) is 14.6. The molecular weight excluding hydrogens is 495 g/mol. The van der Waals surface area contributed by atoms with Crippen molar-refractivity contribution >= 4 is 23.6 Å². The van der Waals surface area contributed by atoms with Gasteiger partial charge in [-0.25, -0.2) is 19.3 Å². The van der Waals surface area contributed by atoms with Crippen LogP contribution in [0, 0.1) is 12.7 Å². The Kier molecular flexibility index (Phi) is 7.65. The third-order valence-corrected chi connectivity index (χ3v) is 5.89. The Morgan fingerprint density at radius 2 is 2.03 bits per heavy atom. The van der Waals surface area contributed by atoms with Crippen molar-refractivity contribution in [2.75, 3.05) is 33.0 Å². The van der Waals surface area contributed by atoms with Gasteiger partial charge in [0.15, 0.2) is 12.4 Å².